The van der Waals surface area contributed by atoms with E-state index in [0.717, 1.165) is 0 Å². The van der Waals surface area contributed by atoms with Crippen LogP contribution in [0.25, 0.3) is 0 Å². The van der Waals surface area contributed by atoms with Crippen LogP contribution in [0.5, 0.6) is 0 Å². The summed E-state index contributed by atoms with van der Waals surface area (Å²) < 4.78 is 85.1. The zero-order valence-electron chi connectivity index (χ0n) is 16.1. The zero-order chi connectivity index (χ0) is 19.2. The molecule has 0 amide bonds. The van der Waals surface area contributed by atoms with Crippen molar-refractivity contribution in [1.82, 2.24) is 0 Å². The smallest absolute Gasteiger partial charge is 0.756 e. The van der Waals surface area contributed by atoms with Crippen LogP contribution in [-0.4, -0.2) is 14.7 Å². The van der Waals surface area contributed by atoms with Gasteiger partial charge in [-0.25, -0.2) is 30.9 Å². The first-order valence-corrected chi connectivity index (χ1v) is 13.3. The van der Waals surface area contributed by atoms with E-state index in [0.29, 0.717) is 0 Å². The average molecular weight is 615 g/mol. The molecule has 0 spiro atoms. The second-order valence-corrected chi connectivity index (χ2v) is 12.7. The van der Waals surface area contributed by atoms with E-state index in [1.165, 1.54) is 0 Å². The van der Waals surface area contributed by atoms with E-state index < -0.39 is 46.9 Å². The SMILES string of the molecule is O=P1([O-])OP(=O)([O-])OP(=O)(O)OP(=O)(O)OP(=O)(O)OP(=O)([O-])O1.[Na+].[Na+].[Na+].[Na+].[Na+].[Na+]. The third-order valence-corrected chi connectivity index (χ3v) is 11.0. The Morgan fingerprint density at radius 3 is 0.800 bits per heavy atom. The van der Waals surface area contributed by atoms with Crippen LogP contribution in [0.1, 0.15) is 0 Å². The fraction of sp³-hybridized carbons (Fsp3) is 0. The van der Waals surface area contributed by atoms with Crippen molar-refractivity contribution in [1.29, 1.82) is 0 Å². The van der Waals surface area contributed by atoms with Gasteiger partial charge in [-0.1, -0.05) is 0 Å². The van der Waals surface area contributed by atoms with Crippen molar-refractivity contribution in [2.75, 3.05) is 0 Å². The summed E-state index contributed by atoms with van der Waals surface area (Å²) in [6, 6.07) is 0. The number of rotatable bonds is 0. The average Bonchev–Trinajstić information content (AvgIpc) is 1.98. The van der Waals surface area contributed by atoms with Gasteiger partial charge in [0.2, 0.25) is 0 Å². The minimum Gasteiger partial charge on any atom is -0.756 e. The molecule has 1 heterocycles. The van der Waals surface area contributed by atoms with Crippen LogP contribution in [-0.2, 0) is 53.3 Å². The van der Waals surface area contributed by atoms with Gasteiger partial charge < -0.3 is 29.4 Å². The molecule has 30 heavy (non-hydrogen) atoms. The molecule has 18 nitrogen and oxygen atoms in total. The quantitative estimate of drug-likeness (QED) is 0.168. The van der Waals surface area contributed by atoms with Gasteiger partial charge in [-0.15, -0.1) is 0 Å². The normalized spacial score (nSPS) is 44.2. The van der Waals surface area contributed by atoms with Crippen molar-refractivity contribution in [3.05, 3.63) is 0 Å². The van der Waals surface area contributed by atoms with Crippen LogP contribution in [0.15, 0.2) is 0 Å². The minimum atomic E-state index is -6.48. The van der Waals surface area contributed by atoms with Crippen LogP contribution in [0.2, 0.25) is 0 Å². The van der Waals surface area contributed by atoms with Gasteiger partial charge in [0, 0.05) is 0 Å². The summed E-state index contributed by atoms with van der Waals surface area (Å²) in [5.74, 6) is 0. The molecule has 0 aromatic heterocycles. The predicted octanol–water partition coefficient (Wildman–Crippen LogP) is -19.2. The van der Waals surface area contributed by atoms with Crippen LogP contribution in [0.3, 0.4) is 0 Å². The van der Waals surface area contributed by atoms with Gasteiger partial charge in [-0.3, -0.25) is 13.7 Å². The topological polar surface area (TPSA) is 288 Å². The van der Waals surface area contributed by atoms with E-state index in [1.807, 2.05) is 0 Å². The molecule has 4 atom stereocenters. The first-order valence-electron chi connectivity index (χ1n) is 4.43. The summed E-state index contributed by atoms with van der Waals surface area (Å²) in [7, 11) is -38.0. The molecule has 4 unspecified atom stereocenters. The first-order chi connectivity index (χ1) is 10.2. The van der Waals surface area contributed by atoms with Crippen molar-refractivity contribution >= 4 is 46.9 Å². The Bertz CT molecular complexity index is 596. The van der Waals surface area contributed by atoms with Crippen molar-refractivity contribution in [3.63, 3.8) is 0 Å². The monoisotopic (exact) mass is 615 g/mol. The molecule has 0 aromatic carbocycles. The van der Waals surface area contributed by atoms with Gasteiger partial charge in [0.15, 0.2) is 0 Å². The summed E-state index contributed by atoms with van der Waals surface area (Å²) in [4.78, 5) is 59.7. The molecule has 0 aromatic rings. The largest absolute Gasteiger partial charge is 1.00 e. The van der Waals surface area contributed by atoms with Gasteiger partial charge in [0.05, 0.1) is 0 Å². The molecule has 1 rings (SSSR count). The number of phosphoric acid groups is 6. The van der Waals surface area contributed by atoms with E-state index in [9.17, 15) is 42.1 Å². The molecule has 0 saturated carbocycles. The standard InChI is InChI=1S/6Na.H6O18P6/c;;;;;;1-19(2)13-20(3,4)15-22(7,8)17-24(11,12)18-23(9,10)16-21(5,6)14-19/h;;;;;;(H,1,2)(H,3,4)(H,5,6)(H,7,8)(H,9,10)(H,11,12)/q6*+1;/p-3. The summed E-state index contributed by atoms with van der Waals surface area (Å²) in [6.07, 6.45) is 0. The molecule has 0 radical (unpaired) electrons. The molecule has 1 saturated heterocycles. The van der Waals surface area contributed by atoms with Gasteiger partial charge in [-0.05, 0) is 0 Å². The van der Waals surface area contributed by atoms with E-state index in [1.54, 1.807) is 0 Å². The number of hydrogen-bond acceptors (Lipinski definition) is 15. The Labute approximate surface area is 301 Å². The maximum Gasteiger partial charge on any atom is 1.00 e. The molecule has 1 fully saturated rings. The molecular formula is H3Na6O18P6+3. The van der Waals surface area contributed by atoms with E-state index in [4.69, 9.17) is 14.7 Å². The number of hydrogen-bond donors (Lipinski definition) is 3. The minimum absolute atomic E-state index is 0. The van der Waals surface area contributed by atoms with Gasteiger partial charge >= 0.3 is 201 Å². The Kier molecular flexibility index (Phi) is 30.4. The Hall–Kier alpha value is 6.90. The van der Waals surface area contributed by atoms with E-state index in [2.05, 4.69) is 25.9 Å². The van der Waals surface area contributed by atoms with Crippen LogP contribution >= 0.6 is 46.9 Å². The fourth-order valence-electron chi connectivity index (χ4n) is 0.848. The Morgan fingerprint density at radius 2 is 0.567 bits per heavy atom. The first kappa shape index (κ1) is 49.8. The fourth-order valence-corrected chi connectivity index (χ4v) is 9.24. The van der Waals surface area contributed by atoms with E-state index >= 15 is 0 Å². The van der Waals surface area contributed by atoms with Crippen LogP contribution < -0.4 is 192 Å². The van der Waals surface area contributed by atoms with Crippen molar-refractivity contribution in [2.45, 2.75) is 0 Å². The summed E-state index contributed by atoms with van der Waals surface area (Å²) in [5, 5.41) is 0. The van der Waals surface area contributed by atoms with Crippen molar-refractivity contribution in [3.8, 4) is 0 Å². The molecule has 0 bridgehead atoms. The van der Waals surface area contributed by atoms with Crippen molar-refractivity contribution in [2.24, 2.45) is 0 Å². The summed E-state index contributed by atoms with van der Waals surface area (Å²) in [6.45, 7) is 0. The maximum absolute atomic E-state index is 11.2. The van der Waals surface area contributed by atoms with Crippen LogP contribution in [0.4, 0.5) is 0 Å². The zero-order valence-corrected chi connectivity index (χ0v) is 33.5. The van der Waals surface area contributed by atoms with Gasteiger partial charge in [-0.2, -0.15) is 8.62 Å². The molecule has 1 aliphatic rings. The van der Waals surface area contributed by atoms with E-state index in [-0.39, 0.29) is 177 Å². The molecule has 1 aliphatic heterocycles. The predicted molar refractivity (Wildman–Crippen MR) is 58.8 cm³/mol. The maximum atomic E-state index is 11.2. The molecule has 30 heteroatoms. The van der Waals surface area contributed by atoms with Crippen molar-refractivity contribution < 1.29 is 260 Å². The molecule has 3 N–H and O–H groups in total. The molecular weight excluding hydrogens is 612 g/mol. The van der Waals surface area contributed by atoms with Crippen LogP contribution in [0, 0.1) is 0 Å². The summed E-state index contributed by atoms with van der Waals surface area (Å²) in [5.41, 5.74) is 0. The molecule has 144 valence electrons. The Morgan fingerprint density at radius 1 is 0.400 bits per heavy atom. The second kappa shape index (κ2) is 18.3. The second-order valence-electron chi connectivity index (χ2n) is 3.24. The third kappa shape index (κ3) is 21.8. The Balaban J connectivity index is -0.000000240. The third-order valence-electron chi connectivity index (χ3n) is 1.22. The summed E-state index contributed by atoms with van der Waals surface area (Å²) >= 11 is 0. The van der Waals surface area contributed by atoms with Gasteiger partial charge in [0.25, 0.3) is 23.5 Å². The van der Waals surface area contributed by atoms with Gasteiger partial charge in [0.1, 0.15) is 0 Å². The molecule has 0 aliphatic carbocycles.